The van der Waals surface area contributed by atoms with Gasteiger partial charge in [0.2, 0.25) is 10.0 Å². The van der Waals surface area contributed by atoms with Gasteiger partial charge in [0.15, 0.2) is 0 Å². The van der Waals surface area contributed by atoms with Gasteiger partial charge in [0.1, 0.15) is 5.75 Å². The van der Waals surface area contributed by atoms with E-state index in [0.29, 0.717) is 17.4 Å². The van der Waals surface area contributed by atoms with E-state index in [0.717, 1.165) is 60.5 Å². The Hall–Kier alpha value is -2.69. The number of sulfonamides is 1. The molecular weight excluding hydrogens is 643 g/mol. The van der Waals surface area contributed by atoms with Crippen LogP contribution in [0.4, 0.5) is 5.69 Å². The molecule has 0 saturated carbocycles. The maximum Gasteiger partial charge on any atom is 0.241 e. The maximum absolute atomic E-state index is 13.2. The van der Waals surface area contributed by atoms with Gasteiger partial charge in [-0.05, 0) is 119 Å². The van der Waals surface area contributed by atoms with Crippen LogP contribution >= 0.6 is 0 Å². The van der Waals surface area contributed by atoms with E-state index in [1.807, 2.05) is 49.3 Å². The Morgan fingerprint density at radius 1 is 0.780 bits per heavy atom. The number of nitrogens with zero attached hydrogens (tertiary/aromatic N) is 4. The number of rotatable bonds is 16. The van der Waals surface area contributed by atoms with Crippen LogP contribution in [-0.4, -0.2) is 109 Å². The number of hydrogen-bond acceptors (Lipinski definition) is 7. The molecule has 0 radical (unpaired) electrons. The first kappa shape index (κ1) is 37.1. The zero-order valence-electron chi connectivity index (χ0n) is 30.9. The van der Waals surface area contributed by atoms with Crippen molar-refractivity contribution in [1.82, 2.24) is 19.4 Å². The van der Waals surface area contributed by atoms with Crippen molar-refractivity contribution in [2.75, 3.05) is 85.0 Å². The molecule has 3 aliphatic rings. The van der Waals surface area contributed by atoms with E-state index in [1.54, 1.807) is 18.7 Å². The summed E-state index contributed by atoms with van der Waals surface area (Å²) in [6.45, 7) is 10.2. The zero-order chi connectivity index (χ0) is 34.9. The molecule has 0 bridgehead atoms. The van der Waals surface area contributed by atoms with Crippen LogP contribution in [0.1, 0.15) is 81.3 Å². The highest BCUT2D eigenvalue weighted by Crippen LogP contribution is 2.39. The Bertz CT molecular complexity index is 1630. The first-order valence-corrected chi connectivity index (χ1v) is 20.9. The molecule has 1 N–H and O–H groups in total. The minimum absolute atomic E-state index is 0.363. The molecule has 3 aromatic carbocycles. The summed E-state index contributed by atoms with van der Waals surface area (Å²) in [4.78, 5) is 10.5. The molecule has 2 aliphatic heterocycles. The average Bonchev–Trinajstić information content (AvgIpc) is 3.14. The Morgan fingerprint density at radius 2 is 1.48 bits per heavy atom. The molecule has 2 heterocycles. The summed E-state index contributed by atoms with van der Waals surface area (Å²) in [5, 5.41) is 1.73. The van der Waals surface area contributed by atoms with Gasteiger partial charge in [0, 0.05) is 69.3 Å². The second-order valence-electron chi connectivity index (χ2n) is 15.0. The number of likely N-dealkylation sites (tertiary alicyclic amines) is 1. The number of anilines is 1. The Balaban J connectivity index is 0.821. The van der Waals surface area contributed by atoms with E-state index in [-0.39, 0.29) is 0 Å². The molecule has 50 heavy (non-hydrogen) atoms. The smallest absolute Gasteiger partial charge is 0.241 e. The van der Waals surface area contributed by atoms with Crippen LogP contribution in [-0.2, 0) is 16.4 Å². The summed E-state index contributed by atoms with van der Waals surface area (Å²) >= 11 is 0. The van der Waals surface area contributed by atoms with Crippen LogP contribution < -0.4 is 14.4 Å². The number of hydrogen-bond donors (Lipinski definition) is 1. The summed E-state index contributed by atoms with van der Waals surface area (Å²) < 4.78 is 34.9. The zero-order valence-corrected chi connectivity index (χ0v) is 31.7. The predicted molar refractivity (Wildman–Crippen MR) is 207 cm³/mol. The van der Waals surface area contributed by atoms with Crippen molar-refractivity contribution in [3.05, 3.63) is 65.7 Å². The molecular formula is C41H61N5O3S. The van der Waals surface area contributed by atoms with E-state index in [4.69, 9.17) is 4.74 Å². The molecule has 8 nitrogen and oxygen atoms in total. The van der Waals surface area contributed by atoms with Crippen LogP contribution in [0.15, 0.2) is 59.5 Å². The van der Waals surface area contributed by atoms with Crippen molar-refractivity contribution in [3.8, 4) is 5.75 Å². The van der Waals surface area contributed by atoms with Gasteiger partial charge < -0.3 is 19.4 Å². The summed E-state index contributed by atoms with van der Waals surface area (Å²) in [6.07, 6.45) is 13.2. The van der Waals surface area contributed by atoms with E-state index in [1.165, 1.54) is 96.3 Å². The lowest BCUT2D eigenvalue weighted by Crippen LogP contribution is -2.53. The number of benzene rings is 3. The van der Waals surface area contributed by atoms with Crippen LogP contribution in [0.2, 0.25) is 0 Å². The Kier molecular flexibility index (Phi) is 13.1. The molecule has 3 aromatic rings. The molecule has 1 aliphatic carbocycles. The van der Waals surface area contributed by atoms with Crippen molar-refractivity contribution in [3.63, 3.8) is 0 Å². The summed E-state index contributed by atoms with van der Waals surface area (Å²) in [7, 11) is 2.21. The largest absolute Gasteiger partial charge is 0.496 e. The fourth-order valence-electron chi connectivity index (χ4n) is 8.81. The number of ether oxygens (including phenoxy) is 1. The monoisotopic (exact) mass is 703 g/mol. The first-order chi connectivity index (χ1) is 24.3. The number of piperazine rings is 1. The van der Waals surface area contributed by atoms with E-state index in [9.17, 15) is 8.42 Å². The topological polar surface area (TPSA) is 68.4 Å². The SMILES string of the molecule is COc1cccc2c1CCCC2CCCN1CCN(C2CCN(CCCCCCNS(=O)(=O)c3cccc4c(N(C)C)cccc34)CC2)CC1. The van der Waals surface area contributed by atoms with Crippen molar-refractivity contribution in [1.29, 1.82) is 0 Å². The Morgan fingerprint density at radius 3 is 2.26 bits per heavy atom. The van der Waals surface area contributed by atoms with Crippen molar-refractivity contribution >= 4 is 26.5 Å². The van der Waals surface area contributed by atoms with Crippen LogP contribution in [0.5, 0.6) is 5.75 Å². The van der Waals surface area contributed by atoms with E-state index < -0.39 is 10.0 Å². The quantitative estimate of drug-likeness (QED) is 0.166. The second kappa shape index (κ2) is 17.7. The highest BCUT2D eigenvalue weighted by atomic mass is 32.2. The molecule has 1 unspecified atom stereocenters. The maximum atomic E-state index is 13.2. The highest BCUT2D eigenvalue weighted by molar-refractivity contribution is 7.89. The molecule has 0 aromatic heterocycles. The minimum atomic E-state index is -3.56. The molecule has 0 spiro atoms. The number of nitrogens with one attached hydrogen (secondary N) is 1. The lowest BCUT2D eigenvalue weighted by molar-refractivity contribution is 0.0581. The van der Waals surface area contributed by atoms with Gasteiger partial charge in [-0.25, -0.2) is 13.1 Å². The molecule has 9 heteroatoms. The van der Waals surface area contributed by atoms with Crippen LogP contribution in [0, 0.1) is 0 Å². The van der Waals surface area contributed by atoms with Gasteiger partial charge in [-0.3, -0.25) is 4.90 Å². The summed E-state index contributed by atoms with van der Waals surface area (Å²) in [5.74, 6) is 1.78. The first-order valence-electron chi connectivity index (χ1n) is 19.4. The fraction of sp³-hybridized carbons (Fsp3) is 0.610. The second-order valence-corrected chi connectivity index (χ2v) is 16.8. The molecule has 2 saturated heterocycles. The number of unbranched alkanes of at least 4 members (excludes halogenated alkanes) is 3. The van der Waals surface area contributed by atoms with Gasteiger partial charge in [-0.15, -0.1) is 0 Å². The molecule has 274 valence electrons. The van der Waals surface area contributed by atoms with Crippen molar-refractivity contribution in [2.24, 2.45) is 0 Å². The van der Waals surface area contributed by atoms with Gasteiger partial charge >= 0.3 is 0 Å². The Labute approximate surface area is 302 Å². The molecule has 6 rings (SSSR count). The minimum Gasteiger partial charge on any atom is -0.496 e. The lowest BCUT2D eigenvalue weighted by Gasteiger charge is -2.43. The number of piperidine rings is 1. The number of methoxy groups -OCH3 is 1. The van der Waals surface area contributed by atoms with Crippen molar-refractivity contribution < 1.29 is 13.2 Å². The fourth-order valence-corrected chi connectivity index (χ4v) is 10.1. The van der Waals surface area contributed by atoms with Gasteiger partial charge in [0.05, 0.1) is 12.0 Å². The van der Waals surface area contributed by atoms with Crippen molar-refractivity contribution in [2.45, 2.75) is 87.5 Å². The lowest BCUT2D eigenvalue weighted by atomic mass is 9.80. The van der Waals surface area contributed by atoms with Gasteiger partial charge in [-0.2, -0.15) is 0 Å². The standard InChI is InChI=1S/C41H61N5O3S/c1-43(2)39-19-9-18-38-36(39)16-11-21-41(38)50(47,48)42-24-6-4-5-7-25-44-27-22-34(23-28-44)46-31-29-45(30-32-46)26-12-14-33-13-8-17-37-35(33)15-10-20-40(37)49-3/h9-11,15-16,18-21,33-34,42H,4-8,12-14,17,22-32H2,1-3H3. The molecule has 2 fully saturated rings. The summed E-state index contributed by atoms with van der Waals surface area (Å²) in [5.41, 5.74) is 4.03. The molecule has 0 amide bonds. The van der Waals surface area contributed by atoms with Gasteiger partial charge in [0.25, 0.3) is 0 Å². The molecule has 1 atom stereocenters. The third-order valence-electron chi connectivity index (χ3n) is 11.6. The average molecular weight is 704 g/mol. The van der Waals surface area contributed by atoms with E-state index >= 15 is 0 Å². The van der Waals surface area contributed by atoms with Crippen LogP contribution in [0.3, 0.4) is 0 Å². The normalized spacial score (nSPS) is 19.9. The van der Waals surface area contributed by atoms with E-state index in [2.05, 4.69) is 37.6 Å². The number of fused-ring (bicyclic) bond motifs is 2. The highest BCUT2D eigenvalue weighted by Gasteiger charge is 2.28. The van der Waals surface area contributed by atoms with Crippen LogP contribution in [0.25, 0.3) is 10.8 Å². The predicted octanol–water partition coefficient (Wildman–Crippen LogP) is 6.74. The van der Waals surface area contributed by atoms with Gasteiger partial charge in [-0.1, -0.05) is 49.2 Å². The third kappa shape index (κ3) is 9.20. The third-order valence-corrected chi connectivity index (χ3v) is 13.2. The summed E-state index contributed by atoms with van der Waals surface area (Å²) in [6, 6.07) is 18.8.